The molecule has 4 aliphatic rings. The number of aliphatic hydroxyl groups is 1. The fraction of sp³-hybridized carbons (Fsp3) is 0.933. The Hall–Kier alpha value is -2.03. The molecule has 4 heterocycles. The predicted octanol–water partition coefficient (Wildman–Crippen LogP) is 3.95. The lowest BCUT2D eigenvalue weighted by Crippen LogP contribution is -2.61. The van der Waals surface area contributed by atoms with E-state index in [0.29, 0.717) is 19.4 Å². The average Bonchev–Trinajstić information content (AvgIpc) is 3.53. The minimum absolute atomic E-state index is 0.0936. The molecule has 17 nitrogen and oxygen atoms in total. The molecule has 17 heteroatoms. The van der Waals surface area contributed by atoms with Gasteiger partial charge >= 0.3 is 17.9 Å². The van der Waals surface area contributed by atoms with Gasteiger partial charge in [-0.3, -0.25) is 19.3 Å². The van der Waals surface area contributed by atoms with E-state index in [1.807, 2.05) is 79.7 Å². The summed E-state index contributed by atoms with van der Waals surface area (Å²) in [5.41, 5.74) is -3.64. The Balaban J connectivity index is 1.88. The van der Waals surface area contributed by atoms with Gasteiger partial charge in [-0.15, -0.1) is 0 Å². The molecule has 0 saturated carbocycles. The summed E-state index contributed by atoms with van der Waals surface area (Å²) in [7, 11) is 11.1. The van der Waals surface area contributed by atoms with Crippen LogP contribution in [0.1, 0.15) is 109 Å². The van der Waals surface area contributed by atoms with Crippen molar-refractivity contribution in [3.05, 3.63) is 0 Å². The monoisotopic (exact) mass is 888 g/mol. The molecule has 0 amide bonds. The summed E-state index contributed by atoms with van der Waals surface area (Å²) >= 11 is 0. The van der Waals surface area contributed by atoms with Crippen LogP contribution in [0.2, 0.25) is 0 Å². The molecule has 4 aliphatic heterocycles. The van der Waals surface area contributed by atoms with Gasteiger partial charge in [0.25, 0.3) is 0 Å². The third-order valence-corrected chi connectivity index (χ3v) is 13.7. The van der Waals surface area contributed by atoms with Gasteiger partial charge in [-0.2, -0.15) is 0 Å². The number of fused-ring (bicyclic) bond motifs is 1. The van der Waals surface area contributed by atoms with E-state index < -0.39 is 108 Å². The van der Waals surface area contributed by atoms with Gasteiger partial charge in [-0.25, -0.2) is 0 Å². The molecule has 4 rings (SSSR count). The summed E-state index contributed by atoms with van der Waals surface area (Å²) in [6, 6.07) is -0.460. The molecule has 62 heavy (non-hydrogen) atoms. The van der Waals surface area contributed by atoms with Gasteiger partial charge in [0, 0.05) is 45.9 Å². The highest BCUT2D eigenvalue weighted by Crippen LogP contribution is 2.43. The predicted molar refractivity (Wildman–Crippen MR) is 228 cm³/mol. The van der Waals surface area contributed by atoms with Gasteiger partial charge in [0.15, 0.2) is 24.8 Å². The van der Waals surface area contributed by atoms with Crippen molar-refractivity contribution in [1.29, 1.82) is 0 Å². The van der Waals surface area contributed by atoms with Crippen LogP contribution < -0.4 is 0 Å². The Kier molecular flexibility index (Phi) is 17.9. The van der Waals surface area contributed by atoms with Crippen molar-refractivity contribution >= 4 is 17.9 Å². The van der Waals surface area contributed by atoms with Crippen molar-refractivity contribution in [2.45, 2.75) is 205 Å². The lowest BCUT2D eigenvalue weighted by atomic mass is 9.77. The number of rotatable bonds is 10. The first-order chi connectivity index (χ1) is 28.7. The summed E-state index contributed by atoms with van der Waals surface area (Å²) in [5.74, 6) is -3.36. The number of carbonyl (C=O) groups is 3. The molecule has 0 aromatic heterocycles. The summed E-state index contributed by atoms with van der Waals surface area (Å²) < 4.78 is 64.3. The lowest BCUT2D eigenvalue weighted by Gasteiger charge is -2.49. The Morgan fingerprint density at radius 1 is 0.871 bits per heavy atom. The highest BCUT2D eigenvalue weighted by atomic mass is 16.8. The van der Waals surface area contributed by atoms with E-state index >= 15 is 0 Å². The van der Waals surface area contributed by atoms with E-state index in [1.54, 1.807) is 27.9 Å². The summed E-state index contributed by atoms with van der Waals surface area (Å²) in [6.07, 6.45) is -7.17. The Morgan fingerprint density at radius 2 is 1.50 bits per heavy atom. The number of methoxy groups -OCH3 is 1. The molecule has 1 unspecified atom stereocenters. The zero-order chi connectivity index (χ0) is 46.8. The van der Waals surface area contributed by atoms with Gasteiger partial charge in [-0.1, -0.05) is 20.8 Å². The first-order valence-corrected chi connectivity index (χ1v) is 22.5. The molecule has 19 atom stereocenters. The zero-order valence-corrected chi connectivity index (χ0v) is 40.9. The highest BCUT2D eigenvalue weighted by molar-refractivity contribution is 5.73. The third-order valence-electron chi connectivity index (χ3n) is 13.7. The second kappa shape index (κ2) is 21.1. The van der Waals surface area contributed by atoms with Gasteiger partial charge in [0.2, 0.25) is 6.41 Å². The molecule has 4 saturated heterocycles. The van der Waals surface area contributed by atoms with Crippen LogP contribution in [0.3, 0.4) is 0 Å². The first-order valence-electron chi connectivity index (χ1n) is 22.5. The lowest BCUT2D eigenvalue weighted by molar-refractivity contribution is -0.319. The molecule has 1 N–H and O–H groups in total. The SMILES string of the molecule is CC[C@H]1OC(=O)[C@H](C)[C@@H](O[C@H]2C[C@@](C)(OC)[C@@H](OC(C)=O)[C@H](C)O2)[C@H](C)[C@@H](O[C@@H]2O[C@H](C)C[C@H](N(C)C)[C@H]2OC(C)=O)[C@](C)(O)C[C@@H](C)CN(C)[C@H](C)[C@H]2OC(N(C)C)O[C@@]21C. The van der Waals surface area contributed by atoms with E-state index in [9.17, 15) is 19.5 Å². The molecule has 0 aromatic carbocycles. The number of nitrogens with zero attached hydrogens (tertiary/aromatic N) is 3. The summed E-state index contributed by atoms with van der Waals surface area (Å²) in [4.78, 5) is 45.7. The molecule has 0 bridgehead atoms. The second-order valence-electron chi connectivity index (χ2n) is 19.8. The van der Waals surface area contributed by atoms with E-state index in [0.717, 1.165) is 0 Å². The number of ether oxygens (including phenoxy) is 10. The normalized spacial score (nSPS) is 45.5. The van der Waals surface area contributed by atoms with Crippen LogP contribution in [0.25, 0.3) is 0 Å². The molecule has 0 spiro atoms. The van der Waals surface area contributed by atoms with Crippen LogP contribution in [0.4, 0.5) is 0 Å². The van der Waals surface area contributed by atoms with Crippen LogP contribution >= 0.6 is 0 Å². The van der Waals surface area contributed by atoms with Crippen molar-refractivity contribution in [3.63, 3.8) is 0 Å². The maximum atomic E-state index is 14.8. The molecule has 4 fully saturated rings. The number of hydrogen-bond donors (Lipinski definition) is 1. The summed E-state index contributed by atoms with van der Waals surface area (Å²) in [6.45, 7) is 22.2. The number of esters is 3. The second-order valence-corrected chi connectivity index (χ2v) is 19.8. The molecule has 0 aliphatic carbocycles. The van der Waals surface area contributed by atoms with Crippen molar-refractivity contribution in [2.24, 2.45) is 17.8 Å². The zero-order valence-electron chi connectivity index (χ0n) is 40.9. The topological polar surface area (TPSA) is 173 Å². The van der Waals surface area contributed by atoms with E-state index in [2.05, 4.69) is 18.7 Å². The number of cyclic esters (lactones) is 1. The highest BCUT2D eigenvalue weighted by Gasteiger charge is 2.58. The summed E-state index contributed by atoms with van der Waals surface area (Å²) in [5, 5.41) is 12.9. The van der Waals surface area contributed by atoms with Gasteiger partial charge in [0.05, 0.1) is 42.0 Å². The molecule has 0 aromatic rings. The van der Waals surface area contributed by atoms with Gasteiger partial charge < -0.3 is 62.3 Å². The third kappa shape index (κ3) is 11.9. The average molecular weight is 888 g/mol. The number of carbonyl (C=O) groups excluding carboxylic acids is 3. The van der Waals surface area contributed by atoms with Crippen LogP contribution in [0.5, 0.6) is 0 Å². The smallest absolute Gasteiger partial charge is 0.311 e. The van der Waals surface area contributed by atoms with Crippen molar-refractivity contribution in [2.75, 3.05) is 48.9 Å². The Labute approximate surface area is 370 Å². The van der Waals surface area contributed by atoms with Gasteiger partial charge in [0.1, 0.15) is 23.4 Å². The molecule has 0 radical (unpaired) electrons. The molecule has 360 valence electrons. The van der Waals surface area contributed by atoms with E-state index in [4.69, 9.17) is 47.4 Å². The van der Waals surface area contributed by atoms with E-state index in [1.165, 1.54) is 13.8 Å². The van der Waals surface area contributed by atoms with E-state index in [-0.39, 0.29) is 36.9 Å². The number of hydrogen-bond acceptors (Lipinski definition) is 17. The minimum atomic E-state index is -1.57. The fourth-order valence-corrected chi connectivity index (χ4v) is 10.4. The van der Waals surface area contributed by atoms with Gasteiger partial charge in [-0.05, 0) is 109 Å². The van der Waals surface area contributed by atoms with Crippen molar-refractivity contribution < 1.29 is 66.9 Å². The van der Waals surface area contributed by atoms with Crippen molar-refractivity contribution in [3.8, 4) is 0 Å². The quantitative estimate of drug-likeness (QED) is 0.247. The maximum Gasteiger partial charge on any atom is 0.311 e. The minimum Gasteiger partial charge on any atom is -0.459 e. The molecular formula is C45H81N3O14. The number of likely N-dealkylation sites (N-methyl/N-ethyl adjacent to an activating group) is 2. The Bertz CT molecular complexity index is 1500. The fourth-order valence-electron chi connectivity index (χ4n) is 10.4. The van der Waals surface area contributed by atoms with Crippen LogP contribution in [0, 0.1) is 17.8 Å². The van der Waals surface area contributed by atoms with Crippen LogP contribution in [-0.4, -0.2) is 183 Å². The Morgan fingerprint density at radius 3 is 2.05 bits per heavy atom. The largest absolute Gasteiger partial charge is 0.459 e. The standard InChI is InChI=1S/C45H81N3O14/c1-19-33-45(12)38(61-42(62-45)47(15)16)28(6)48(17)23-24(2)21-43(10,52)37(60-41-36(56-30(8)49)32(46(13)14)20-25(3)54-41)26(4)35(27(5)40(51)58-33)59-34-22-44(11,53-18)39(29(7)55-34)57-31(9)50/h24-29,32-39,41-42,52H,19-23H2,1-18H3/t24-,25-,26+,27-,28-,29+,32+,33-,34+,35+,36-,37-,38-,39+,41+,42?,43-,44-,45-/m1/s1. The van der Waals surface area contributed by atoms with Crippen LogP contribution in [0.15, 0.2) is 0 Å². The van der Waals surface area contributed by atoms with Crippen molar-refractivity contribution in [1.82, 2.24) is 14.7 Å². The first kappa shape index (κ1) is 52.6. The maximum absolute atomic E-state index is 14.8. The molecular weight excluding hydrogens is 807 g/mol. The van der Waals surface area contributed by atoms with Crippen LogP contribution in [-0.2, 0) is 61.8 Å².